The van der Waals surface area contributed by atoms with Gasteiger partial charge in [-0.15, -0.1) is 0 Å². The van der Waals surface area contributed by atoms with Gasteiger partial charge in [-0.3, -0.25) is 0 Å². The maximum absolute atomic E-state index is 14.9. The minimum absolute atomic E-state index is 0.223. The van der Waals surface area contributed by atoms with E-state index in [0.29, 0.717) is 36.5 Å². The summed E-state index contributed by atoms with van der Waals surface area (Å²) < 4.78 is 61.7. The Labute approximate surface area is 221 Å². The quantitative estimate of drug-likeness (QED) is 0.150. The summed E-state index contributed by atoms with van der Waals surface area (Å²) in [7, 11) is 0. The number of hydrogen-bond acceptors (Lipinski definition) is 1. The Kier molecular flexibility index (Phi) is 8.67. The van der Waals surface area contributed by atoms with Crippen molar-refractivity contribution in [2.24, 2.45) is 0 Å². The number of benzene rings is 4. The molecule has 0 bridgehead atoms. The molecule has 38 heavy (non-hydrogen) atoms. The summed E-state index contributed by atoms with van der Waals surface area (Å²) >= 11 is 0. The van der Waals surface area contributed by atoms with Crippen molar-refractivity contribution >= 4 is 0 Å². The first-order chi connectivity index (χ1) is 18.3. The van der Waals surface area contributed by atoms with E-state index in [4.69, 9.17) is 0 Å². The zero-order valence-electron chi connectivity index (χ0n) is 21.5. The first kappa shape index (κ1) is 27.2. The highest BCUT2D eigenvalue weighted by molar-refractivity contribution is 5.71. The number of ether oxygens (including phenoxy) is 1. The lowest BCUT2D eigenvalue weighted by Gasteiger charge is -2.15. The van der Waals surface area contributed by atoms with Crippen molar-refractivity contribution in [3.05, 3.63) is 125 Å². The van der Waals surface area contributed by atoms with Crippen LogP contribution in [0.5, 0.6) is 5.75 Å². The minimum atomic E-state index is -3.55. The van der Waals surface area contributed by atoms with Crippen LogP contribution in [-0.2, 0) is 19.3 Å². The molecule has 0 aliphatic rings. The molecule has 0 radical (unpaired) electrons. The molecule has 196 valence electrons. The summed E-state index contributed by atoms with van der Waals surface area (Å²) in [6, 6.07) is 24.5. The summed E-state index contributed by atoms with van der Waals surface area (Å²) in [4.78, 5) is 0. The van der Waals surface area contributed by atoms with Gasteiger partial charge in [0.25, 0.3) is 0 Å². The fourth-order valence-corrected chi connectivity index (χ4v) is 4.25. The number of aryl methyl sites for hydroxylation is 3. The van der Waals surface area contributed by atoms with Gasteiger partial charge < -0.3 is 4.74 Å². The van der Waals surface area contributed by atoms with Gasteiger partial charge >= 0.3 is 6.11 Å². The van der Waals surface area contributed by atoms with Gasteiger partial charge in [0, 0.05) is 17.7 Å². The largest absolute Gasteiger partial charge is 0.429 e. The lowest BCUT2D eigenvalue weighted by atomic mass is 9.97. The van der Waals surface area contributed by atoms with Crippen molar-refractivity contribution < 1.29 is 22.3 Å². The molecular formula is C33H30F4O. The third-order valence-electron chi connectivity index (χ3n) is 6.50. The highest BCUT2D eigenvalue weighted by Gasteiger charge is 2.27. The van der Waals surface area contributed by atoms with Crippen molar-refractivity contribution in [3.63, 3.8) is 0 Å². The van der Waals surface area contributed by atoms with Crippen molar-refractivity contribution in [2.45, 2.75) is 45.6 Å². The fraction of sp³-hybridized carbons (Fsp3) is 0.212. The molecule has 0 fully saturated rings. The van der Waals surface area contributed by atoms with Gasteiger partial charge in [0.15, 0.2) is 0 Å². The number of hydrogen-bond donors (Lipinski definition) is 0. The number of allylic oxidation sites excluding steroid dienone is 1. The van der Waals surface area contributed by atoms with E-state index in [-0.39, 0.29) is 11.6 Å². The van der Waals surface area contributed by atoms with Crippen LogP contribution in [0.1, 0.15) is 37.0 Å². The standard InChI is InChI=1S/C33H30F4O/c1-3-23-8-12-26(13-9-23)28-17-19-30(32(35)21-28)27-14-10-24(11-15-27)7-5-6-20-33(36,37)38-29-18-16-25(4-2)31(34)22-29/h6,8-22H,3-5,7H2,1-2H3/b20-6+. The molecule has 0 atom stereocenters. The monoisotopic (exact) mass is 518 g/mol. The van der Waals surface area contributed by atoms with E-state index in [1.165, 1.54) is 23.8 Å². The average molecular weight is 519 g/mol. The second-order valence-electron chi connectivity index (χ2n) is 9.15. The summed E-state index contributed by atoms with van der Waals surface area (Å²) in [6.45, 7) is 3.88. The highest BCUT2D eigenvalue weighted by Crippen LogP contribution is 2.29. The molecule has 4 rings (SSSR count). The van der Waals surface area contributed by atoms with Crippen molar-refractivity contribution in [2.75, 3.05) is 0 Å². The summed E-state index contributed by atoms with van der Waals surface area (Å²) in [5.74, 6) is -1.09. The van der Waals surface area contributed by atoms with Crippen molar-refractivity contribution in [1.82, 2.24) is 0 Å². The molecule has 0 heterocycles. The highest BCUT2D eigenvalue weighted by atomic mass is 19.3. The minimum Gasteiger partial charge on any atom is -0.429 e. The molecule has 0 saturated carbocycles. The van der Waals surface area contributed by atoms with Crippen molar-refractivity contribution in [3.8, 4) is 28.0 Å². The Morgan fingerprint density at radius 2 is 1.34 bits per heavy atom. The van der Waals surface area contributed by atoms with Crippen LogP contribution < -0.4 is 4.74 Å². The van der Waals surface area contributed by atoms with E-state index in [2.05, 4.69) is 23.8 Å². The molecule has 4 aromatic carbocycles. The molecule has 0 amide bonds. The van der Waals surface area contributed by atoms with Gasteiger partial charge in [-0.05, 0) is 71.2 Å². The van der Waals surface area contributed by atoms with E-state index in [0.717, 1.165) is 34.7 Å². The van der Waals surface area contributed by atoms with Gasteiger partial charge in [0.1, 0.15) is 17.4 Å². The molecule has 0 aromatic heterocycles. The maximum atomic E-state index is 14.9. The SMILES string of the molecule is CCc1ccc(-c2ccc(-c3ccc(CC/C=C/C(F)(F)Oc4ccc(CC)c(F)c4)cc3)c(F)c2)cc1. The Hall–Kier alpha value is -3.86. The molecule has 0 N–H and O–H groups in total. The predicted molar refractivity (Wildman–Crippen MR) is 145 cm³/mol. The fourth-order valence-electron chi connectivity index (χ4n) is 4.25. The third-order valence-corrected chi connectivity index (χ3v) is 6.50. The van der Waals surface area contributed by atoms with Gasteiger partial charge in [-0.1, -0.05) is 86.7 Å². The van der Waals surface area contributed by atoms with Gasteiger partial charge in [0.05, 0.1) is 0 Å². The van der Waals surface area contributed by atoms with Crippen LogP contribution in [0.4, 0.5) is 17.6 Å². The predicted octanol–water partition coefficient (Wildman–Crippen LogP) is 9.58. The number of alkyl halides is 2. The van der Waals surface area contributed by atoms with E-state index < -0.39 is 11.9 Å². The van der Waals surface area contributed by atoms with E-state index in [9.17, 15) is 17.6 Å². The second-order valence-corrected chi connectivity index (χ2v) is 9.15. The lowest BCUT2D eigenvalue weighted by molar-refractivity contribution is -0.131. The zero-order chi connectivity index (χ0) is 27.1. The molecular weight excluding hydrogens is 488 g/mol. The molecule has 0 aliphatic carbocycles. The zero-order valence-corrected chi connectivity index (χ0v) is 21.5. The van der Waals surface area contributed by atoms with E-state index in [1.54, 1.807) is 19.1 Å². The molecule has 4 aromatic rings. The molecule has 0 spiro atoms. The molecule has 0 saturated heterocycles. The lowest BCUT2D eigenvalue weighted by Crippen LogP contribution is -2.21. The normalized spacial score (nSPS) is 11.7. The third kappa shape index (κ3) is 6.91. The maximum Gasteiger partial charge on any atom is 0.419 e. The van der Waals surface area contributed by atoms with Crippen LogP contribution in [0.15, 0.2) is 97.1 Å². The summed E-state index contributed by atoms with van der Waals surface area (Å²) in [6.07, 6.45) is 0.792. The second kappa shape index (κ2) is 12.1. The molecule has 0 unspecified atom stereocenters. The first-order valence-corrected chi connectivity index (χ1v) is 12.8. The Bertz CT molecular complexity index is 1390. The van der Waals surface area contributed by atoms with Crippen molar-refractivity contribution in [1.29, 1.82) is 0 Å². The topological polar surface area (TPSA) is 9.23 Å². The number of halogens is 4. The van der Waals surface area contributed by atoms with Crippen LogP contribution in [0.3, 0.4) is 0 Å². The molecule has 0 aliphatic heterocycles. The molecule has 1 nitrogen and oxygen atoms in total. The van der Waals surface area contributed by atoms with Crippen LogP contribution >= 0.6 is 0 Å². The van der Waals surface area contributed by atoms with E-state index >= 15 is 0 Å². The number of rotatable bonds is 10. The smallest absolute Gasteiger partial charge is 0.419 e. The van der Waals surface area contributed by atoms with Crippen LogP contribution in [0, 0.1) is 11.6 Å². The Morgan fingerprint density at radius 3 is 1.97 bits per heavy atom. The molecule has 5 heteroatoms. The van der Waals surface area contributed by atoms with Gasteiger partial charge in [-0.25, -0.2) is 8.78 Å². The van der Waals surface area contributed by atoms with Crippen LogP contribution in [-0.4, -0.2) is 6.11 Å². The average Bonchev–Trinajstić information content (AvgIpc) is 2.91. The summed E-state index contributed by atoms with van der Waals surface area (Å²) in [5.41, 5.74) is 5.65. The first-order valence-electron chi connectivity index (χ1n) is 12.8. The van der Waals surface area contributed by atoms with Crippen LogP contribution in [0.2, 0.25) is 0 Å². The van der Waals surface area contributed by atoms with Gasteiger partial charge in [0.2, 0.25) is 0 Å². The Balaban J connectivity index is 1.34. The van der Waals surface area contributed by atoms with E-state index in [1.807, 2.05) is 42.5 Å². The van der Waals surface area contributed by atoms with Crippen LogP contribution in [0.25, 0.3) is 22.3 Å². The summed E-state index contributed by atoms with van der Waals surface area (Å²) in [5, 5.41) is 0. The Morgan fingerprint density at radius 1 is 0.684 bits per heavy atom. The van der Waals surface area contributed by atoms with Gasteiger partial charge in [-0.2, -0.15) is 8.78 Å².